The minimum absolute atomic E-state index is 0.381. The Bertz CT molecular complexity index is 561. The Morgan fingerprint density at radius 2 is 1.62 bits per heavy atom. The molecule has 1 aliphatic rings. The monoisotopic (exact) mass is 292 g/mol. The number of furan rings is 1. The highest BCUT2D eigenvalue weighted by molar-refractivity contribution is 5.44. The van der Waals surface area contributed by atoms with Crippen molar-refractivity contribution in [3.8, 4) is 12.1 Å². The van der Waals surface area contributed by atoms with Crippen LogP contribution in [0.15, 0.2) is 22.8 Å². The van der Waals surface area contributed by atoms with Gasteiger partial charge in [0.15, 0.2) is 0 Å². The zero-order valence-electron chi connectivity index (χ0n) is 12.2. The fourth-order valence-corrected chi connectivity index (χ4v) is 3.30. The predicted molar refractivity (Wildman–Crippen MR) is 68.6 cm³/mol. The zero-order chi connectivity index (χ0) is 15.7. The molecule has 1 aliphatic carbocycles. The molecular formula is C14H16N2O5. The van der Waals surface area contributed by atoms with Gasteiger partial charge in [0.2, 0.25) is 11.2 Å². The van der Waals surface area contributed by atoms with Crippen LogP contribution in [0.25, 0.3) is 0 Å². The van der Waals surface area contributed by atoms with Gasteiger partial charge in [-0.15, -0.1) is 0 Å². The van der Waals surface area contributed by atoms with Gasteiger partial charge in [-0.25, -0.2) is 0 Å². The summed E-state index contributed by atoms with van der Waals surface area (Å²) in [6, 6.07) is 7.28. The van der Waals surface area contributed by atoms with Crippen LogP contribution in [0.3, 0.4) is 0 Å². The summed E-state index contributed by atoms with van der Waals surface area (Å²) >= 11 is 0. The molecular weight excluding hydrogens is 276 g/mol. The normalized spacial score (nSPS) is 24.6. The van der Waals surface area contributed by atoms with E-state index >= 15 is 0 Å². The third-order valence-electron chi connectivity index (χ3n) is 4.15. The van der Waals surface area contributed by atoms with E-state index in [4.69, 9.17) is 23.4 Å². The Morgan fingerprint density at radius 3 is 1.95 bits per heavy atom. The maximum Gasteiger partial charge on any atom is 0.258 e. The molecule has 7 nitrogen and oxygen atoms in total. The summed E-state index contributed by atoms with van der Waals surface area (Å²) in [5, 5.41) is 19.3. The maximum atomic E-state index is 9.64. The Kier molecular flexibility index (Phi) is 3.79. The molecule has 112 valence electrons. The zero-order valence-corrected chi connectivity index (χ0v) is 12.2. The first-order chi connectivity index (χ1) is 10.1. The largest absolute Gasteiger partial charge is 0.469 e. The number of ether oxygens (including phenoxy) is 4. The molecule has 1 saturated carbocycles. The molecule has 1 aromatic heterocycles. The van der Waals surface area contributed by atoms with Gasteiger partial charge in [0, 0.05) is 28.4 Å². The van der Waals surface area contributed by atoms with Crippen LogP contribution in [0.1, 0.15) is 11.7 Å². The molecule has 1 atom stereocenters. The van der Waals surface area contributed by atoms with Gasteiger partial charge < -0.3 is 23.4 Å². The molecule has 0 N–H and O–H groups in total. The highest BCUT2D eigenvalue weighted by atomic mass is 16.8. The summed E-state index contributed by atoms with van der Waals surface area (Å²) in [6.07, 6.45) is 1.45. The van der Waals surface area contributed by atoms with Crippen LogP contribution < -0.4 is 0 Å². The van der Waals surface area contributed by atoms with Crippen molar-refractivity contribution in [2.24, 2.45) is 5.41 Å². The number of nitriles is 2. The van der Waals surface area contributed by atoms with Crippen molar-refractivity contribution in [1.29, 1.82) is 10.5 Å². The van der Waals surface area contributed by atoms with Crippen LogP contribution in [-0.4, -0.2) is 40.0 Å². The van der Waals surface area contributed by atoms with Crippen LogP contribution in [0.5, 0.6) is 0 Å². The first-order valence-corrected chi connectivity index (χ1v) is 6.16. The van der Waals surface area contributed by atoms with E-state index < -0.39 is 22.9 Å². The Balaban J connectivity index is 2.73. The van der Waals surface area contributed by atoms with E-state index in [1.54, 1.807) is 12.1 Å². The molecule has 7 heteroatoms. The molecule has 0 radical (unpaired) electrons. The van der Waals surface area contributed by atoms with E-state index in [1.165, 1.54) is 34.7 Å². The summed E-state index contributed by atoms with van der Waals surface area (Å²) < 4.78 is 27.1. The highest BCUT2D eigenvalue weighted by Gasteiger charge is 2.87. The second kappa shape index (κ2) is 5.14. The minimum Gasteiger partial charge on any atom is -0.469 e. The lowest BCUT2D eigenvalue weighted by atomic mass is 9.50. The molecule has 21 heavy (non-hydrogen) atoms. The first kappa shape index (κ1) is 15.5. The maximum absolute atomic E-state index is 9.64. The van der Waals surface area contributed by atoms with Gasteiger partial charge >= 0.3 is 0 Å². The lowest BCUT2D eigenvalue weighted by Crippen LogP contribution is -2.82. The van der Waals surface area contributed by atoms with Crippen LogP contribution >= 0.6 is 0 Å². The second-order valence-electron chi connectivity index (χ2n) is 4.58. The van der Waals surface area contributed by atoms with Crippen molar-refractivity contribution in [3.05, 3.63) is 24.2 Å². The van der Waals surface area contributed by atoms with Crippen LogP contribution in [0, 0.1) is 28.1 Å². The van der Waals surface area contributed by atoms with E-state index in [-0.39, 0.29) is 0 Å². The van der Waals surface area contributed by atoms with Crippen molar-refractivity contribution in [2.75, 3.05) is 28.4 Å². The third-order valence-corrected chi connectivity index (χ3v) is 4.15. The topological polar surface area (TPSA) is 97.6 Å². The smallest absolute Gasteiger partial charge is 0.258 e. The first-order valence-electron chi connectivity index (χ1n) is 6.16. The Hall–Kier alpha value is -1.90. The molecule has 0 saturated heterocycles. The summed E-state index contributed by atoms with van der Waals surface area (Å²) in [6.45, 7) is 0. The average Bonchev–Trinajstić information content (AvgIpc) is 3.03. The van der Waals surface area contributed by atoms with Gasteiger partial charge in [0.1, 0.15) is 11.7 Å². The summed E-state index contributed by atoms with van der Waals surface area (Å²) in [5.41, 5.74) is -1.68. The van der Waals surface area contributed by atoms with Crippen molar-refractivity contribution in [3.63, 3.8) is 0 Å². The van der Waals surface area contributed by atoms with Crippen molar-refractivity contribution in [2.45, 2.75) is 17.5 Å². The number of hydrogen-bond donors (Lipinski definition) is 0. The lowest BCUT2D eigenvalue weighted by Gasteiger charge is -2.64. The molecule has 0 spiro atoms. The fraction of sp³-hybridized carbons (Fsp3) is 0.571. The average molecular weight is 292 g/mol. The van der Waals surface area contributed by atoms with Crippen molar-refractivity contribution in [1.82, 2.24) is 0 Å². The standard InChI is InChI=1S/C14H16N2O5/c1-17-13(18-2)11(10-6-5-7-21-10)12(8-15,9-16)14(13,19-3)20-4/h5-7,11H,1-4H3/t11-/m1/s1. The van der Waals surface area contributed by atoms with Crippen LogP contribution in [-0.2, 0) is 18.9 Å². The summed E-state index contributed by atoms with van der Waals surface area (Å²) in [7, 11) is 5.45. The van der Waals surface area contributed by atoms with E-state index in [0.29, 0.717) is 5.76 Å². The molecule has 1 fully saturated rings. The molecule has 0 aromatic carbocycles. The molecule has 0 unspecified atom stereocenters. The number of nitrogens with zero attached hydrogens (tertiary/aromatic N) is 2. The third kappa shape index (κ3) is 1.44. The molecule has 2 rings (SSSR count). The fourth-order valence-electron chi connectivity index (χ4n) is 3.30. The van der Waals surface area contributed by atoms with E-state index in [0.717, 1.165) is 0 Å². The highest BCUT2D eigenvalue weighted by Crippen LogP contribution is 2.68. The van der Waals surface area contributed by atoms with Crippen LogP contribution in [0.4, 0.5) is 0 Å². The number of rotatable bonds is 5. The Morgan fingerprint density at radius 1 is 1.05 bits per heavy atom. The molecule has 1 aromatic rings. The van der Waals surface area contributed by atoms with Crippen molar-refractivity contribution >= 4 is 0 Å². The van der Waals surface area contributed by atoms with Gasteiger partial charge in [0.25, 0.3) is 5.79 Å². The SMILES string of the molecule is COC1(OC)[C@H](c2ccco2)C(C#N)(C#N)C1(OC)OC. The van der Waals surface area contributed by atoms with E-state index in [2.05, 4.69) is 0 Å². The van der Waals surface area contributed by atoms with Gasteiger partial charge in [-0.3, -0.25) is 0 Å². The van der Waals surface area contributed by atoms with Gasteiger partial charge in [-0.1, -0.05) is 0 Å². The van der Waals surface area contributed by atoms with Gasteiger partial charge in [-0.05, 0) is 12.1 Å². The van der Waals surface area contributed by atoms with E-state index in [1.807, 2.05) is 12.1 Å². The number of methoxy groups -OCH3 is 4. The minimum atomic E-state index is -1.70. The van der Waals surface area contributed by atoms with Gasteiger partial charge in [-0.2, -0.15) is 10.5 Å². The predicted octanol–water partition coefficient (Wildman–Crippen LogP) is 1.39. The summed E-state index contributed by atoms with van der Waals surface area (Å²) in [5.74, 6) is -3.64. The molecule has 0 bridgehead atoms. The van der Waals surface area contributed by atoms with Crippen molar-refractivity contribution < 1.29 is 23.4 Å². The molecule has 0 amide bonds. The number of hydrogen-bond acceptors (Lipinski definition) is 7. The quantitative estimate of drug-likeness (QED) is 0.756. The lowest BCUT2D eigenvalue weighted by molar-refractivity contribution is -0.482. The summed E-state index contributed by atoms with van der Waals surface area (Å²) in [4.78, 5) is 0. The van der Waals surface area contributed by atoms with Crippen LogP contribution in [0.2, 0.25) is 0 Å². The van der Waals surface area contributed by atoms with E-state index in [9.17, 15) is 10.5 Å². The Labute approximate surface area is 122 Å². The van der Waals surface area contributed by atoms with Gasteiger partial charge in [0.05, 0.1) is 18.4 Å². The molecule has 1 heterocycles. The molecule has 0 aliphatic heterocycles. The second-order valence-corrected chi connectivity index (χ2v) is 4.58.